The molecular weight excluding hydrogens is 222 g/mol. The van der Waals surface area contributed by atoms with E-state index in [0.29, 0.717) is 5.52 Å². The summed E-state index contributed by atoms with van der Waals surface area (Å²) in [5.41, 5.74) is 0.175. The lowest BCUT2D eigenvalue weighted by molar-refractivity contribution is -0.147. The third-order valence-corrected chi connectivity index (χ3v) is 2.50. The molecule has 0 aliphatic heterocycles. The zero-order valence-corrected chi connectivity index (χ0v) is 9.66. The highest BCUT2D eigenvalue weighted by molar-refractivity contribution is 5.73. The molecule has 2 aromatic heterocycles. The molecule has 0 amide bonds. The average Bonchev–Trinajstić information content (AvgIpc) is 2.78. The average molecular weight is 235 g/mol. The van der Waals surface area contributed by atoms with Crippen LogP contribution in [0.15, 0.2) is 29.5 Å². The maximum atomic E-state index is 12.0. The molecule has 0 aliphatic rings. The minimum Gasteiger partial charge on any atom is -0.464 e. The van der Waals surface area contributed by atoms with Crippen molar-refractivity contribution in [3.8, 4) is 0 Å². The van der Waals surface area contributed by atoms with E-state index >= 15 is 0 Å². The Morgan fingerprint density at radius 3 is 3.06 bits per heavy atom. The van der Waals surface area contributed by atoms with Crippen LogP contribution >= 0.6 is 0 Å². The quantitative estimate of drug-likeness (QED) is 0.731. The van der Waals surface area contributed by atoms with Gasteiger partial charge < -0.3 is 9.14 Å². The predicted octanol–water partition coefficient (Wildman–Crippen LogP) is 0.620. The second kappa shape index (κ2) is 4.40. The van der Waals surface area contributed by atoms with Gasteiger partial charge in [0.2, 0.25) is 0 Å². The van der Waals surface area contributed by atoms with E-state index in [2.05, 4.69) is 5.10 Å². The van der Waals surface area contributed by atoms with Crippen molar-refractivity contribution in [3.05, 3.63) is 35.0 Å². The fraction of sp³-hybridized carbons (Fsp3) is 0.364. The summed E-state index contributed by atoms with van der Waals surface area (Å²) in [6.07, 6.45) is 3.22. The molecule has 2 aromatic rings. The molecule has 0 N–H and O–H groups in total. The van der Waals surface area contributed by atoms with E-state index in [0.717, 1.165) is 4.68 Å². The molecule has 0 aromatic carbocycles. The molecule has 90 valence electrons. The second-order valence-corrected chi connectivity index (χ2v) is 3.61. The summed E-state index contributed by atoms with van der Waals surface area (Å²) < 4.78 is 7.60. The third-order valence-electron chi connectivity index (χ3n) is 2.50. The first-order valence-corrected chi connectivity index (χ1v) is 5.36. The van der Waals surface area contributed by atoms with Gasteiger partial charge in [-0.1, -0.05) is 0 Å². The highest BCUT2D eigenvalue weighted by Crippen LogP contribution is 2.04. The summed E-state index contributed by atoms with van der Waals surface area (Å²) in [6, 6.07) is 2.71. The first-order chi connectivity index (χ1) is 8.15. The van der Waals surface area contributed by atoms with Crippen LogP contribution in [0.4, 0.5) is 0 Å². The van der Waals surface area contributed by atoms with E-state index in [-0.39, 0.29) is 12.2 Å². The maximum absolute atomic E-state index is 12.0. The van der Waals surface area contributed by atoms with Crippen LogP contribution in [0.25, 0.3) is 5.52 Å². The molecule has 2 heterocycles. The van der Waals surface area contributed by atoms with E-state index in [9.17, 15) is 9.59 Å². The Hall–Kier alpha value is -2.11. The van der Waals surface area contributed by atoms with Crippen molar-refractivity contribution < 1.29 is 9.53 Å². The van der Waals surface area contributed by atoms with Gasteiger partial charge in [0.15, 0.2) is 6.04 Å². The Bertz CT molecular complexity index is 599. The first-order valence-electron chi connectivity index (χ1n) is 5.36. The number of aromatic nitrogens is 3. The van der Waals surface area contributed by atoms with E-state index < -0.39 is 12.0 Å². The maximum Gasteiger partial charge on any atom is 0.330 e. The highest BCUT2D eigenvalue weighted by atomic mass is 16.5. The normalized spacial score (nSPS) is 12.6. The van der Waals surface area contributed by atoms with Gasteiger partial charge in [-0.25, -0.2) is 9.48 Å². The fourth-order valence-electron chi connectivity index (χ4n) is 1.60. The minimum atomic E-state index is -0.720. The standard InChI is InChI=1S/C11H13N3O3/c1-3-17-11(16)8(2)14-10(15)9-5-4-6-13(9)7-12-14/h4-8H,3H2,1-2H3/t8-/m0/s1. The third kappa shape index (κ3) is 1.93. The molecule has 0 aliphatic carbocycles. The molecule has 6 heteroatoms. The van der Waals surface area contributed by atoms with Gasteiger partial charge in [0, 0.05) is 6.20 Å². The van der Waals surface area contributed by atoms with Gasteiger partial charge in [-0.3, -0.25) is 4.79 Å². The van der Waals surface area contributed by atoms with Gasteiger partial charge in [-0.15, -0.1) is 0 Å². The Balaban J connectivity index is 2.45. The van der Waals surface area contributed by atoms with Crippen molar-refractivity contribution in [1.29, 1.82) is 0 Å². The van der Waals surface area contributed by atoms with Crippen molar-refractivity contribution in [2.45, 2.75) is 19.9 Å². The molecule has 0 fully saturated rings. The summed E-state index contributed by atoms with van der Waals surface area (Å²) in [6.45, 7) is 3.59. The molecule has 0 saturated carbocycles. The summed E-state index contributed by atoms with van der Waals surface area (Å²) >= 11 is 0. The Kier molecular flexibility index (Phi) is 2.95. The van der Waals surface area contributed by atoms with Crippen LogP contribution < -0.4 is 5.56 Å². The topological polar surface area (TPSA) is 65.6 Å². The number of carbonyl (C=O) groups excluding carboxylic acids is 1. The molecule has 6 nitrogen and oxygen atoms in total. The molecule has 0 unspecified atom stereocenters. The summed E-state index contributed by atoms with van der Waals surface area (Å²) in [4.78, 5) is 23.6. The number of rotatable bonds is 3. The lowest BCUT2D eigenvalue weighted by atomic mass is 10.3. The zero-order chi connectivity index (χ0) is 12.4. The first kappa shape index (κ1) is 11.4. The zero-order valence-electron chi connectivity index (χ0n) is 9.66. The number of nitrogens with zero attached hydrogens (tertiary/aromatic N) is 3. The lowest BCUT2D eigenvalue weighted by Gasteiger charge is -2.12. The molecular formula is C11H13N3O3. The Morgan fingerprint density at radius 1 is 1.59 bits per heavy atom. The van der Waals surface area contributed by atoms with E-state index in [1.165, 1.54) is 6.33 Å². The summed E-state index contributed by atoms with van der Waals surface area (Å²) in [5, 5.41) is 3.95. The van der Waals surface area contributed by atoms with Gasteiger partial charge in [-0.2, -0.15) is 5.10 Å². The van der Waals surface area contributed by atoms with Gasteiger partial charge >= 0.3 is 5.97 Å². The van der Waals surface area contributed by atoms with Crippen molar-refractivity contribution in [3.63, 3.8) is 0 Å². The number of fused-ring (bicyclic) bond motifs is 1. The molecule has 17 heavy (non-hydrogen) atoms. The van der Waals surface area contributed by atoms with Crippen LogP contribution in [-0.2, 0) is 9.53 Å². The molecule has 0 saturated heterocycles. The van der Waals surface area contributed by atoms with Gasteiger partial charge in [0.1, 0.15) is 11.8 Å². The SMILES string of the molecule is CCOC(=O)[C@H](C)n1ncn2cccc2c1=O. The number of ether oxygens (including phenoxy) is 1. The Labute approximate surface area is 97.4 Å². The largest absolute Gasteiger partial charge is 0.464 e. The van der Waals surface area contributed by atoms with Crippen molar-refractivity contribution in [1.82, 2.24) is 14.2 Å². The minimum absolute atomic E-state index is 0.283. The van der Waals surface area contributed by atoms with Gasteiger partial charge in [-0.05, 0) is 26.0 Å². The van der Waals surface area contributed by atoms with Crippen LogP contribution in [0, 0.1) is 0 Å². The van der Waals surface area contributed by atoms with E-state index in [1.807, 2.05) is 0 Å². The number of hydrogen-bond donors (Lipinski definition) is 0. The van der Waals surface area contributed by atoms with Crippen LogP contribution in [0.3, 0.4) is 0 Å². The molecule has 2 rings (SSSR count). The predicted molar refractivity (Wildman–Crippen MR) is 60.8 cm³/mol. The van der Waals surface area contributed by atoms with Crippen LogP contribution in [0.1, 0.15) is 19.9 Å². The summed E-state index contributed by atoms with van der Waals surface area (Å²) in [5.74, 6) is -0.460. The van der Waals surface area contributed by atoms with Gasteiger partial charge in [0.25, 0.3) is 5.56 Å². The van der Waals surface area contributed by atoms with Gasteiger partial charge in [0.05, 0.1) is 6.61 Å². The number of carbonyl (C=O) groups is 1. The second-order valence-electron chi connectivity index (χ2n) is 3.61. The summed E-state index contributed by atoms with van der Waals surface area (Å²) in [7, 11) is 0. The van der Waals surface area contributed by atoms with E-state index in [1.54, 1.807) is 36.6 Å². The lowest BCUT2D eigenvalue weighted by Crippen LogP contribution is -2.32. The van der Waals surface area contributed by atoms with Crippen molar-refractivity contribution in [2.24, 2.45) is 0 Å². The molecule has 1 atom stereocenters. The Morgan fingerprint density at radius 2 is 2.35 bits per heavy atom. The number of hydrogen-bond acceptors (Lipinski definition) is 4. The highest BCUT2D eigenvalue weighted by Gasteiger charge is 2.19. The fourth-order valence-corrected chi connectivity index (χ4v) is 1.60. The van der Waals surface area contributed by atoms with Crippen LogP contribution in [-0.4, -0.2) is 26.8 Å². The van der Waals surface area contributed by atoms with Crippen LogP contribution in [0.5, 0.6) is 0 Å². The monoisotopic (exact) mass is 235 g/mol. The van der Waals surface area contributed by atoms with Crippen molar-refractivity contribution >= 4 is 11.5 Å². The number of esters is 1. The molecule has 0 radical (unpaired) electrons. The van der Waals surface area contributed by atoms with Crippen LogP contribution in [0.2, 0.25) is 0 Å². The molecule has 0 bridgehead atoms. The van der Waals surface area contributed by atoms with Crippen molar-refractivity contribution in [2.75, 3.05) is 6.61 Å². The molecule has 0 spiro atoms. The van der Waals surface area contributed by atoms with E-state index in [4.69, 9.17) is 4.74 Å². The smallest absolute Gasteiger partial charge is 0.330 e.